The van der Waals surface area contributed by atoms with Gasteiger partial charge in [0.2, 0.25) is 5.95 Å². The summed E-state index contributed by atoms with van der Waals surface area (Å²) in [5.74, 6) is 0.645. The molecule has 180 valence electrons. The fourth-order valence-electron chi connectivity index (χ4n) is 5.42. The second kappa shape index (κ2) is 8.66. The van der Waals surface area contributed by atoms with Crippen LogP contribution in [0.3, 0.4) is 0 Å². The van der Waals surface area contributed by atoms with Crippen molar-refractivity contribution in [3.8, 4) is 0 Å². The minimum atomic E-state index is -0.210. The van der Waals surface area contributed by atoms with Gasteiger partial charge < -0.3 is 5.32 Å². The van der Waals surface area contributed by atoms with Crippen molar-refractivity contribution in [1.82, 2.24) is 14.9 Å². The number of hydrogen-bond donors (Lipinski definition) is 1. The average molecular weight is 526 g/mol. The molecule has 1 saturated carbocycles. The van der Waals surface area contributed by atoms with E-state index in [0.717, 1.165) is 18.7 Å². The molecule has 3 aliphatic rings. The summed E-state index contributed by atoms with van der Waals surface area (Å²) in [7, 11) is 0. The van der Waals surface area contributed by atoms with Crippen molar-refractivity contribution >= 4 is 58.2 Å². The Labute approximate surface area is 219 Å². The Balaban J connectivity index is 1.23. The summed E-state index contributed by atoms with van der Waals surface area (Å²) in [5.41, 5.74) is 5.02. The van der Waals surface area contributed by atoms with Gasteiger partial charge in [0.15, 0.2) is 0 Å². The van der Waals surface area contributed by atoms with Gasteiger partial charge in [0.1, 0.15) is 5.03 Å². The number of halogens is 2. The third-order valence-electron chi connectivity index (χ3n) is 7.15. The lowest BCUT2D eigenvalue weighted by Crippen LogP contribution is -2.45. The lowest BCUT2D eigenvalue weighted by atomic mass is 9.89. The van der Waals surface area contributed by atoms with Crippen molar-refractivity contribution < 1.29 is 4.79 Å². The number of thioether (sulfide) groups is 1. The molecule has 2 aromatic carbocycles. The predicted octanol–water partition coefficient (Wildman–Crippen LogP) is 6.49. The lowest BCUT2D eigenvalue weighted by molar-refractivity contribution is 0.0985. The second-order valence-corrected chi connectivity index (χ2v) is 11.3. The van der Waals surface area contributed by atoms with Crippen LogP contribution in [-0.2, 0) is 12.0 Å². The van der Waals surface area contributed by atoms with Crippen LogP contribution in [-0.4, -0.2) is 39.2 Å². The van der Waals surface area contributed by atoms with Gasteiger partial charge in [-0.05, 0) is 68.5 Å². The first-order valence-electron chi connectivity index (χ1n) is 11.8. The molecule has 2 aliphatic heterocycles. The number of nitrogens with one attached hydrogen (secondary N) is 1. The molecule has 0 bridgehead atoms. The van der Waals surface area contributed by atoms with E-state index in [1.165, 1.54) is 35.7 Å². The zero-order valence-corrected chi connectivity index (χ0v) is 21.8. The number of nitrogens with zero attached hydrogens (tertiary/aromatic N) is 4. The van der Waals surface area contributed by atoms with Gasteiger partial charge in [0.05, 0.1) is 27.2 Å². The molecule has 6 nitrogen and oxygen atoms in total. The van der Waals surface area contributed by atoms with E-state index in [-0.39, 0.29) is 11.4 Å². The summed E-state index contributed by atoms with van der Waals surface area (Å²) < 4.78 is 0. The minimum absolute atomic E-state index is 0.210. The summed E-state index contributed by atoms with van der Waals surface area (Å²) in [6.07, 6.45) is 5.09. The van der Waals surface area contributed by atoms with Crippen molar-refractivity contribution in [2.24, 2.45) is 0 Å². The molecule has 0 unspecified atom stereocenters. The van der Waals surface area contributed by atoms with Gasteiger partial charge in [-0.1, -0.05) is 47.1 Å². The Bertz CT molecular complexity index is 1320. The Morgan fingerprint density at radius 1 is 1.14 bits per heavy atom. The largest absolute Gasteiger partial charge is 0.324 e. The highest BCUT2D eigenvalue weighted by Gasteiger charge is 2.52. The SMILES string of the molecule is CC(C)N1CCc2cc(Nc3ncc4c(n3)SCN(c3c(Cl)cccc3Cl)C4=O)ccc2C12CC2. The topological polar surface area (TPSA) is 61.4 Å². The maximum atomic E-state index is 13.2. The third-order valence-corrected chi connectivity index (χ3v) is 8.73. The van der Waals surface area contributed by atoms with E-state index in [2.05, 4.69) is 52.2 Å². The van der Waals surface area contributed by atoms with Crippen molar-refractivity contribution in [1.29, 1.82) is 0 Å². The quantitative estimate of drug-likeness (QED) is 0.392. The summed E-state index contributed by atoms with van der Waals surface area (Å²) in [4.78, 5) is 26.5. The van der Waals surface area contributed by atoms with Crippen LogP contribution >= 0.6 is 35.0 Å². The molecule has 1 aliphatic carbocycles. The number of para-hydroxylation sites is 1. The molecule has 1 fully saturated rings. The third kappa shape index (κ3) is 3.89. The predicted molar refractivity (Wildman–Crippen MR) is 142 cm³/mol. The Hall–Kier alpha value is -2.32. The highest BCUT2D eigenvalue weighted by Crippen LogP contribution is 2.55. The molecule has 3 heterocycles. The van der Waals surface area contributed by atoms with Crippen molar-refractivity contribution in [3.05, 3.63) is 69.3 Å². The van der Waals surface area contributed by atoms with Gasteiger partial charge in [0.25, 0.3) is 5.91 Å². The number of aromatic nitrogens is 2. The Kier molecular flexibility index (Phi) is 5.72. The van der Waals surface area contributed by atoms with Gasteiger partial charge in [0, 0.05) is 30.0 Å². The lowest BCUT2D eigenvalue weighted by Gasteiger charge is -2.41. The van der Waals surface area contributed by atoms with Crippen LogP contribution < -0.4 is 10.2 Å². The molecule has 6 rings (SSSR count). The normalized spacial score (nSPS) is 18.5. The van der Waals surface area contributed by atoms with Crippen LogP contribution in [0.5, 0.6) is 0 Å². The molecule has 0 saturated heterocycles. The first-order valence-corrected chi connectivity index (χ1v) is 13.5. The standard InChI is InChI=1S/C26H25Cl2N5OS/c1-15(2)33-11-8-16-12-17(6-7-19(16)26(33)9-10-26)30-25-29-13-18-23(31-25)35-14-32(24(18)34)22-20(27)4-3-5-21(22)28/h3-7,12-13,15H,8-11,14H2,1-2H3,(H,29,30,31). The summed E-state index contributed by atoms with van der Waals surface area (Å²) >= 11 is 14.1. The van der Waals surface area contributed by atoms with Crippen molar-refractivity contribution in [2.45, 2.75) is 49.7 Å². The van der Waals surface area contributed by atoms with Crippen molar-refractivity contribution in [2.75, 3.05) is 22.6 Å². The molecule has 3 aromatic rings. The molecule has 9 heteroatoms. The summed E-state index contributed by atoms with van der Waals surface area (Å²) in [5, 5.41) is 4.87. The van der Waals surface area contributed by atoms with Gasteiger partial charge in [-0.2, -0.15) is 0 Å². The fraction of sp³-hybridized carbons (Fsp3) is 0.346. The van der Waals surface area contributed by atoms with E-state index in [1.54, 1.807) is 29.3 Å². The molecule has 0 atom stereocenters. The Morgan fingerprint density at radius 3 is 2.63 bits per heavy atom. The molecule has 1 aromatic heterocycles. The fourth-order valence-corrected chi connectivity index (χ4v) is 6.97. The van der Waals surface area contributed by atoms with Crippen LogP contribution in [0.15, 0.2) is 47.6 Å². The van der Waals surface area contributed by atoms with Gasteiger partial charge >= 0.3 is 0 Å². The van der Waals surface area contributed by atoms with Crippen LogP contribution in [0.1, 0.15) is 48.2 Å². The molecular formula is C26H25Cl2N5OS. The van der Waals surface area contributed by atoms with Crippen LogP contribution in [0.2, 0.25) is 10.0 Å². The van der Waals surface area contributed by atoms with E-state index >= 15 is 0 Å². The second-order valence-electron chi connectivity index (χ2n) is 9.55. The van der Waals surface area contributed by atoms with E-state index < -0.39 is 0 Å². The smallest absolute Gasteiger partial charge is 0.263 e. The number of fused-ring (bicyclic) bond motifs is 3. The number of anilines is 3. The van der Waals surface area contributed by atoms with Gasteiger partial charge in [-0.15, -0.1) is 0 Å². The van der Waals surface area contributed by atoms with E-state index in [9.17, 15) is 4.79 Å². The van der Waals surface area contributed by atoms with Crippen LogP contribution in [0.25, 0.3) is 0 Å². The maximum Gasteiger partial charge on any atom is 0.263 e. The molecular weight excluding hydrogens is 501 g/mol. The number of benzene rings is 2. The monoisotopic (exact) mass is 525 g/mol. The van der Waals surface area contributed by atoms with Crippen molar-refractivity contribution in [3.63, 3.8) is 0 Å². The van der Waals surface area contributed by atoms with Crippen LogP contribution in [0, 0.1) is 0 Å². The maximum absolute atomic E-state index is 13.2. The van der Waals surface area contributed by atoms with Gasteiger partial charge in [-0.3, -0.25) is 14.6 Å². The number of hydrogen-bond acceptors (Lipinski definition) is 6. The zero-order valence-electron chi connectivity index (χ0n) is 19.5. The van der Waals surface area contributed by atoms with E-state index in [4.69, 9.17) is 23.2 Å². The molecule has 0 radical (unpaired) electrons. The average Bonchev–Trinajstić information content (AvgIpc) is 3.61. The number of carbonyl (C=O) groups excluding carboxylic acids is 1. The number of rotatable bonds is 4. The van der Waals surface area contributed by atoms with Gasteiger partial charge in [-0.25, -0.2) is 9.97 Å². The summed E-state index contributed by atoms with van der Waals surface area (Å²) in [6, 6.07) is 12.4. The molecule has 1 amide bonds. The number of amides is 1. The Morgan fingerprint density at radius 2 is 1.91 bits per heavy atom. The van der Waals surface area contributed by atoms with Crippen LogP contribution in [0.4, 0.5) is 17.3 Å². The number of carbonyl (C=O) groups is 1. The highest BCUT2D eigenvalue weighted by molar-refractivity contribution is 7.99. The first kappa shape index (κ1) is 23.1. The zero-order chi connectivity index (χ0) is 24.3. The first-order chi connectivity index (χ1) is 16.9. The molecule has 35 heavy (non-hydrogen) atoms. The summed E-state index contributed by atoms with van der Waals surface area (Å²) in [6.45, 7) is 5.67. The van der Waals surface area contributed by atoms with E-state index in [1.807, 2.05) is 0 Å². The molecule has 1 spiro atoms. The minimum Gasteiger partial charge on any atom is -0.324 e. The molecule has 1 N–H and O–H groups in total. The van der Waals surface area contributed by atoms with E-state index in [0.29, 0.717) is 44.2 Å². The highest BCUT2D eigenvalue weighted by atomic mass is 35.5.